The van der Waals surface area contributed by atoms with Crippen LogP contribution in [0.2, 0.25) is 0 Å². The van der Waals surface area contributed by atoms with Crippen LogP contribution in [-0.4, -0.2) is 24.5 Å². The van der Waals surface area contributed by atoms with E-state index in [1.54, 1.807) is 19.1 Å². The topological polar surface area (TPSA) is 71.8 Å². The summed E-state index contributed by atoms with van der Waals surface area (Å²) in [7, 11) is 0. The fraction of sp³-hybridized carbons (Fsp3) is 0.273. The average Bonchev–Trinajstić information content (AvgIpc) is 3.02. The Kier molecular flexibility index (Phi) is 4.55. The van der Waals surface area contributed by atoms with Crippen LogP contribution in [0.5, 0.6) is 5.75 Å². The van der Waals surface area contributed by atoms with Gasteiger partial charge in [0.1, 0.15) is 23.6 Å². The Balaban J connectivity index is 1.52. The van der Waals surface area contributed by atoms with Crippen molar-refractivity contribution in [1.82, 2.24) is 5.32 Å². The second-order valence-corrected chi connectivity index (χ2v) is 7.03. The molecule has 0 fully saturated rings. The highest BCUT2D eigenvalue weighted by Gasteiger charge is 2.32. The average molecular weight is 378 g/mol. The highest BCUT2D eigenvalue weighted by Crippen LogP contribution is 2.33. The first-order valence-corrected chi connectivity index (χ1v) is 9.30. The summed E-state index contributed by atoms with van der Waals surface area (Å²) < 4.78 is 11.5. The molecule has 1 aliphatic heterocycles. The number of aryl methyl sites for hydroxylation is 1. The summed E-state index contributed by atoms with van der Waals surface area (Å²) in [6.07, 6.45) is -0.627. The minimum Gasteiger partial charge on any atom is -0.479 e. The summed E-state index contributed by atoms with van der Waals surface area (Å²) in [6, 6.07) is 14.7. The maximum absolute atomic E-state index is 12.7. The Bertz CT molecular complexity index is 1060. The molecule has 0 aliphatic carbocycles. The van der Waals surface area contributed by atoms with E-state index in [0.717, 1.165) is 22.3 Å². The summed E-state index contributed by atoms with van der Waals surface area (Å²) in [5.74, 6) is 0.825. The number of fused-ring (bicyclic) bond motifs is 2. The zero-order valence-corrected chi connectivity index (χ0v) is 16.1. The maximum Gasteiger partial charge on any atom is 0.268 e. The number of hydrogen-bond donors (Lipinski definition) is 1. The molecule has 0 spiro atoms. The molecule has 0 saturated heterocycles. The Labute approximate surface area is 163 Å². The molecule has 2 amide bonds. The van der Waals surface area contributed by atoms with Crippen LogP contribution in [0.4, 0.5) is 5.69 Å². The van der Waals surface area contributed by atoms with Crippen LogP contribution in [0.3, 0.4) is 0 Å². The molecular weight excluding hydrogens is 356 g/mol. The molecule has 3 aromatic rings. The van der Waals surface area contributed by atoms with Gasteiger partial charge in [0.25, 0.3) is 5.91 Å². The fourth-order valence-corrected chi connectivity index (χ4v) is 3.62. The monoisotopic (exact) mass is 378 g/mol. The maximum atomic E-state index is 12.7. The number of hydrogen-bond acceptors (Lipinski definition) is 4. The van der Waals surface area contributed by atoms with Crippen molar-refractivity contribution in [3.63, 3.8) is 0 Å². The highest BCUT2D eigenvalue weighted by atomic mass is 16.5. The van der Waals surface area contributed by atoms with Crippen LogP contribution in [-0.2, 0) is 9.59 Å². The Hall–Kier alpha value is -3.28. The van der Waals surface area contributed by atoms with Crippen LogP contribution in [0.15, 0.2) is 52.9 Å². The number of amides is 2. The molecule has 6 nitrogen and oxygen atoms in total. The Morgan fingerprint density at radius 2 is 1.89 bits per heavy atom. The molecule has 1 aliphatic rings. The third-order valence-electron chi connectivity index (χ3n) is 5.03. The zero-order chi connectivity index (χ0) is 19.8. The molecule has 0 unspecified atom stereocenters. The normalized spacial score (nSPS) is 17.2. The second-order valence-electron chi connectivity index (χ2n) is 7.03. The van der Waals surface area contributed by atoms with Gasteiger partial charge < -0.3 is 14.5 Å². The summed E-state index contributed by atoms with van der Waals surface area (Å²) in [6.45, 7) is 5.46. The van der Waals surface area contributed by atoms with Gasteiger partial charge in [-0.3, -0.25) is 14.5 Å². The summed E-state index contributed by atoms with van der Waals surface area (Å²) in [5, 5.41) is 3.98. The third kappa shape index (κ3) is 3.11. The lowest BCUT2D eigenvalue weighted by atomic mass is 10.1. The number of nitrogens with zero attached hydrogens (tertiary/aromatic N) is 1. The minimum absolute atomic E-state index is 0.0762. The van der Waals surface area contributed by atoms with Gasteiger partial charge in [0.05, 0.1) is 11.7 Å². The zero-order valence-electron chi connectivity index (χ0n) is 16.1. The standard InChI is InChI=1S/C22H22N2O4/c1-13-16-8-4-6-10-18(16)28-21(13)14(2)23-20(25)12-24-17-9-5-7-11-19(17)27-15(3)22(24)26/h4-11,14-15H,12H2,1-3H3,(H,23,25)/t14-,15-/m1/s1. The van der Waals surface area contributed by atoms with Gasteiger partial charge in [-0.25, -0.2) is 0 Å². The molecule has 2 atom stereocenters. The summed E-state index contributed by atoms with van der Waals surface area (Å²) in [5.41, 5.74) is 2.40. The van der Waals surface area contributed by atoms with Crippen LogP contribution in [0.1, 0.15) is 31.2 Å². The largest absolute Gasteiger partial charge is 0.479 e. The van der Waals surface area contributed by atoms with Crippen molar-refractivity contribution in [1.29, 1.82) is 0 Å². The Morgan fingerprint density at radius 3 is 2.68 bits per heavy atom. The van der Waals surface area contributed by atoms with E-state index in [0.29, 0.717) is 11.4 Å². The van der Waals surface area contributed by atoms with Gasteiger partial charge in [-0.2, -0.15) is 0 Å². The molecule has 2 heterocycles. The number of anilines is 1. The van der Waals surface area contributed by atoms with Gasteiger partial charge in [-0.15, -0.1) is 0 Å². The number of carbonyl (C=O) groups excluding carboxylic acids is 2. The van der Waals surface area contributed by atoms with Gasteiger partial charge >= 0.3 is 0 Å². The van der Waals surface area contributed by atoms with Crippen molar-refractivity contribution in [2.24, 2.45) is 0 Å². The number of benzene rings is 2. The summed E-state index contributed by atoms with van der Waals surface area (Å²) >= 11 is 0. The molecule has 0 radical (unpaired) electrons. The molecular formula is C22H22N2O4. The molecule has 4 rings (SSSR count). The number of ether oxygens (including phenoxy) is 1. The van der Waals surface area contributed by atoms with E-state index >= 15 is 0 Å². The van der Waals surface area contributed by atoms with Crippen LogP contribution < -0.4 is 15.0 Å². The molecule has 1 aromatic heterocycles. The second kappa shape index (κ2) is 7.03. The van der Waals surface area contributed by atoms with Crippen LogP contribution >= 0.6 is 0 Å². The van der Waals surface area contributed by atoms with E-state index in [9.17, 15) is 9.59 Å². The predicted octanol–water partition coefficient (Wildman–Crippen LogP) is 3.73. The summed E-state index contributed by atoms with van der Waals surface area (Å²) in [4.78, 5) is 26.7. The molecule has 0 bridgehead atoms. The van der Waals surface area contributed by atoms with E-state index in [1.807, 2.05) is 50.2 Å². The van der Waals surface area contributed by atoms with Crippen molar-refractivity contribution in [2.75, 3.05) is 11.4 Å². The number of para-hydroxylation sites is 3. The van der Waals surface area contributed by atoms with E-state index in [1.165, 1.54) is 4.90 Å². The molecule has 2 aromatic carbocycles. The highest BCUT2D eigenvalue weighted by molar-refractivity contribution is 6.03. The SMILES string of the molecule is Cc1c([C@@H](C)NC(=O)CN2C(=O)[C@@H](C)Oc3ccccc32)oc2ccccc12. The van der Waals surface area contributed by atoms with Gasteiger partial charge in [0, 0.05) is 10.9 Å². The molecule has 1 N–H and O–H groups in total. The first kappa shape index (κ1) is 18.1. The molecule has 144 valence electrons. The van der Waals surface area contributed by atoms with Crippen molar-refractivity contribution in [3.8, 4) is 5.75 Å². The quantitative estimate of drug-likeness (QED) is 0.751. The lowest BCUT2D eigenvalue weighted by Gasteiger charge is -2.32. The lowest BCUT2D eigenvalue weighted by molar-refractivity contribution is -0.128. The van der Waals surface area contributed by atoms with Gasteiger partial charge in [0.2, 0.25) is 5.91 Å². The van der Waals surface area contributed by atoms with Crippen molar-refractivity contribution >= 4 is 28.5 Å². The number of rotatable bonds is 4. The third-order valence-corrected chi connectivity index (χ3v) is 5.03. The first-order valence-electron chi connectivity index (χ1n) is 9.30. The number of furan rings is 1. The van der Waals surface area contributed by atoms with Gasteiger partial charge in [-0.1, -0.05) is 30.3 Å². The van der Waals surface area contributed by atoms with E-state index in [-0.39, 0.29) is 24.4 Å². The lowest BCUT2D eigenvalue weighted by Crippen LogP contribution is -2.49. The van der Waals surface area contributed by atoms with Gasteiger partial charge in [0.15, 0.2) is 6.10 Å². The van der Waals surface area contributed by atoms with Gasteiger partial charge in [-0.05, 0) is 39.0 Å². The minimum atomic E-state index is -0.627. The molecule has 28 heavy (non-hydrogen) atoms. The molecule has 6 heteroatoms. The van der Waals surface area contributed by atoms with Crippen LogP contribution in [0.25, 0.3) is 11.0 Å². The smallest absolute Gasteiger partial charge is 0.268 e. The Morgan fingerprint density at radius 1 is 1.18 bits per heavy atom. The number of nitrogens with one attached hydrogen (secondary N) is 1. The van der Waals surface area contributed by atoms with Crippen molar-refractivity contribution in [3.05, 3.63) is 59.9 Å². The van der Waals surface area contributed by atoms with E-state index in [2.05, 4.69) is 5.32 Å². The first-order chi connectivity index (χ1) is 13.5. The van der Waals surface area contributed by atoms with E-state index in [4.69, 9.17) is 9.15 Å². The van der Waals surface area contributed by atoms with Crippen molar-refractivity contribution in [2.45, 2.75) is 32.9 Å². The van der Waals surface area contributed by atoms with Crippen LogP contribution in [0, 0.1) is 6.92 Å². The molecule has 0 saturated carbocycles. The van der Waals surface area contributed by atoms with Crippen molar-refractivity contribution < 1.29 is 18.7 Å². The van der Waals surface area contributed by atoms with E-state index < -0.39 is 6.10 Å². The fourth-order valence-electron chi connectivity index (χ4n) is 3.62. The number of carbonyl (C=O) groups is 2. The predicted molar refractivity (Wildman–Crippen MR) is 106 cm³/mol.